The number of aryl methyl sites for hydroxylation is 1. The van der Waals surface area contributed by atoms with Crippen molar-refractivity contribution in [2.24, 2.45) is 0 Å². The number of aromatic nitrogens is 2. The number of anilines is 2. The fourth-order valence-corrected chi connectivity index (χ4v) is 2.42. The molecule has 1 aliphatic rings. The lowest BCUT2D eigenvalue weighted by Crippen LogP contribution is -2.34. The Morgan fingerprint density at radius 1 is 1.40 bits per heavy atom. The van der Waals surface area contributed by atoms with Gasteiger partial charge in [-0.05, 0) is 19.8 Å². The number of hydrogen-bond acceptors (Lipinski definition) is 5. The first kappa shape index (κ1) is 14.6. The summed E-state index contributed by atoms with van der Waals surface area (Å²) < 4.78 is 0. The molecule has 1 amide bonds. The molecule has 1 aromatic heterocycles. The molecule has 6 heteroatoms. The van der Waals surface area contributed by atoms with Crippen molar-refractivity contribution < 1.29 is 4.79 Å². The van der Waals surface area contributed by atoms with E-state index in [2.05, 4.69) is 32.4 Å². The van der Waals surface area contributed by atoms with Gasteiger partial charge >= 0.3 is 0 Å². The molecule has 2 heterocycles. The lowest BCUT2D eigenvalue weighted by molar-refractivity contribution is -0.119. The maximum atomic E-state index is 11.7. The fraction of sp³-hybridized carbons (Fsp3) is 0.643. The first-order valence-electron chi connectivity index (χ1n) is 7.22. The Labute approximate surface area is 120 Å². The molecular formula is C14H23N5O. The summed E-state index contributed by atoms with van der Waals surface area (Å²) in [4.78, 5) is 23.0. The van der Waals surface area contributed by atoms with E-state index >= 15 is 0 Å². The average molecular weight is 277 g/mol. The molecular weight excluding hydrogens is 254 g/mol. The molecule has 0 aliphatic carbocycles. The average Bonchev–Trinajstić information content (AvgIpc) is 2.65. The molecule has 2 rings (SSSR count). The monoisotopic (exact) mass is 277 g/mol. The van der Waals surface area contributed by atoms with Gasteiger partial charge in [0.1, 0.15) is 17.5 Å². The molecule has 1 aromatic rings. The van der Waals surface area contributed by atoms with Crippen LogP contribution in [0.5, 0.6) is 0 Å². The number of nitrogens with zero attached hydrogens (tertiary/aromatic N) is 3. The topological polar surface area (TPSA) is 70.2 Å². The normalized spacial score (nSPS) is 15.8. The van der Waals surface area contributed by atoms with Crippen molar-refractivity contribution in [2.45, 2.75) is 33.1 Å². The van der Waals surface area contributed by atoms with Crippen LogP contribution in [0.1, 0.15) is 31.2 Å². The van der Waals surface area contributed by atoms with Gasteiger partial charge in [-0.1, -0.05) is 6.92 Å². The number of amides is 1. The van der Waals surface area contributed by atoms with Crippen LogP contribution >= 0.6 is 0 Å². The minimum Gasteiger partial charge on any atom is -0.373 e. The maximum Gasteiger partial charge on any atom is 0.239 e. The Kier molecular flexibility index (Phi) is 4.76. The van der Waals surface area contributed by atoms with Gasteiger partial charge in [-0.25, -0.2) is 9.97 Å². The van der Waals surface area contributed by atoms with Gasteiger partial charge in [0.25, 0.3) is 0 Å². The fourth-order valence-electron chi connectivity index (χ4n) is 2.42. The number of carbonyl (C=O) groups is 1. The first-order chi connectivity index (χ1) is 9.65. The quantitative estimate of drug-likeness (QED) is 0.862. The summed E-state index contributed by atoms with van der Waals surface area (Å²) >= 11 is 0. The molecule has 0 saturated carbocycles. The van der Waals surface area contributed by atoms with E-state index in [1.165, 1.54) is 0 Å². The van der Waals surface area contributed by atoms with Crippen LogP contribution in [-0.4, -0.2) is 42.6 Å². The van der Waals surface area contributed by atoms with Crippen molar-refractivity contribution >= 4 is 17.5 Å². The zero-order valence-corrected chi connectivity index (χ0v) is 12.5. The van der Waals surface area contributed by atoms with Crippen molar-refractivity contribution in [2.75, 3.05) is 36.9 Å². The number of nitrogens with one attached hydrogen (secondary N) is 2. The highest BCUT2D eigenvalue weighted by Gasteiger charge is 2.20. The lowest BCUT2D eigenvalue weighted by Gasteiger charge is -2.23. The predicted molar refractivity (Wildman–Crippen MR) is 80.2 cm³/mol. The predicted octanol–water partition coefficient (Wildman–Crippen LogP) is 1.11. The second-order valence-electron chi connectivity index (χ2n) is 5.06. The summed E-state index contributed by atoms with van der Waals surface area (Å²) in [7, 11) is 1.87. The van der Waals surface area contributed by atoms with E-state index in [0.717, 1.165) is 55.4 Å². The number of hydrogen-bond donors (Lipinski definition) is 2. The van der Waals surface area contributed by atoms with Crippen molar-refractivity contribution in [1.82, 2.24) is 15.3 Å². The summed E-state index contributed by atoms with van der Waals surface area (Å²) in [6, 6.07) is 0. The van der Waals surface area contributed by atoms with Crippen molar-refractivity contribution in [3.05, 3.63) is 11.4 Å². The molecule has 0 bridgehead atoms. The molecule has 1 saturated heterocycles. The van der Waals surface area contributed by atoms with Gasteiger partial charge in [-0.2, -0.15) is 0 Å². The van der Waals surface area contributed by atoms with Gasteiger partial charge in [0.15, 0.2) is 0 Å². The maximum absolute atomic E-state index is 11.7. The standard InChI is InChI=1S/C14H23N5O/c1-4-6-11-17-13(15-3)10(2)14(18-11)19-8-5-7-16-12(20)9-19/h4-9H2,1-3H3,(H,16,20)(H,15,17,18). The summed E-state index contributed by atoms with van der Waals surface area (Å²) in [5.41, 5.74) is 1.00. The summed E-state index contributed by atoms with van der Waals surface area (Å²) in [5, 5.41) is 6.01. The lowest BCUT2D eigenvalue weighted by atomic mass is 10.2. The molecule has 0 spiro atoms. The largest absolute Gasteiger partial charge is 0.373 e. The minimum atomic E-state index is 0.0589. The third-order valence-corrected chi connectivity index (χ3v) is 3.44. The molecule has 0 unspecified atom stereocenters. The van der Waals surface area contributed by atoms with E-state index in [1.807, 2.05) is 14.0 Å². The van der Waals surface area contributed by atoms with E-state index in [9.17, 15) is 4.79 Å². The van der Waals surface area contributed by atoms with Gasteiger partial charge in [-0.15, -0.1) is 0 Å². The smallest absolute Gasteiger partial charge is 0.239 e. The molecule has 1 aliphatic heterocycles. The summed E-state index contributed by atoms with van der Waals surface area (Å²) in [6.45, 7) is 6.05. The molecule has 0 atom stereocenters. The van der Waals surface area contributed by atoms with Gasteiger partial charge in [0.2, 0.25) is 5.91 Å². The molecule has 6 nitrogen and oxygen atoms in total. The van der Waals surface area contributed by atoms with Crippen LogP contribution < -0.4 is 15.5 Å². The zero-order chi connectivity index (χ0) is 14.5. The van der Waals surface area contributed by atoms with Gasteiger partial charge in [-0.3, -0.25) is 4.79 Å². The molecule has 20 heavy (non-hydrogen) atoms. The molecule has 0 aromatic carbocycles. The third kappa shape index (κ3) is 3.18. The third-order valence-electron chi connectivity index (χ3n) is 3.44. The summed E-state index contributed by atoms with van der Waals surface area (Å²) in [5.74, 6) is 2.62. The minimum absolute atomic E-state index is 0.0589. The van der Waals surface area contributed by atoms with Crippen LogP contribution in [0, 0.1) is 6.92 Å². The highest BCUT2D eigenvalue weighted by molar-refractivity contribution is 5.82. The zero-order valence-electron chi connectivity index (χ0n) is 12.5. The molecule has 110 valence electrons. The van der Waals surface area contributed by atoms with Crippen molar-refractivity contribution in [3.8, 4) is 0 Å². The second kappa shape index (κ2) is 6.54. The number of rotatable bonds is 4. The Hall–Kier alpha value is -1.85. The van der Waals surface area contributed by atoms with E-state index < -0.39 is 0 Å². The highest BCUT2D eigenvalue weighted by Crippen LogP contribution is 2.24. The SMILES string of the molecule is CCCc1nc(NC)c(C)c(N2CCCNC(=O)C2)n1. The molecule has 2 N–H and O–H groups in total. The van der Waals surface area contributed by atoms with Crippen molar-refractivity contribution in [3.63, 3.8) is 0 Å². The first-order valence-corrected chi connectivity index (χ1v) is 7.22. The molecule has 1 fully saturated rings. The van der Waals surface area contributed by atoms with Crippen LogP contribution in [0.15, 0.2) is 0 Å². The Morgan fingerprint density at radius 2 is 2.20 bits per heavy atom. The van der Waals surface area contributed by atoms with Gasteiger partial charge in [0, 0.05) is 32.1 Å². The van der Waals surface area contributed by atoms with Gasteiger partial charge in [0.05, 0.1) is 6.54 Å². The van der Waals surface area contributed by atoms with E-state index in [1.54, 1.807) is 0 Å². The van der Waals surface area contributed by atoms with Crippen LogP contribution in [0.2, 0.25) is 0 Å². The van der Waals surface area contributed by atoms with Gasteiger partial charge < -0.3 is 15.5 Å². The van der Waals surface area contributed by atoms with E-state index in [0.29, 0.717) is 6.54 Å². The Balaban J connectivity index is 2.37. The van der Waals surface area contributed by atoms with E-state index in [4.69, 9.17) is 0 Å². The molecule has 0 radical (unpaired) electrons. The second-order valence-corrected chi connectivity index (χ2v) is 5.06. The van der Waals surface area contributed by atoms with Crippen LogP contribution in [0.25, 0.3) is 0 Å². The Morgan fingerprint density at radius 3 is 2.90 bits per heavy atom. The highest BCUT2D eigenvalue weighted by atomic mass is 16.2. The van der Waals surface area contributed by atoms with Crippen LogP contribution in [0.4, 0.5) is 11.6 Å². The Bertz CT molecular complexity index is 489. The number of carbonyl (C=O) groups excluding carboxylic acids is 1. The summed E-state index contributed by atoms with van der Waals surface area (Å²) in [6.07, 6.45) is 2.79. The van der Waals surface area contributed by atoms with Crippen molar-refractivity contribution in [1.29, 1.82) is 0 Å². The van der Waals surface area contributed by atoms with Crippen LogP contribution in [-0.2, 0) is 11.2 Å². The van der Waals surface area contributed by atoms with Crippen LogP contribution in [0.3, 0.4) is 0 Å². The van der Waals surface area contributed by atoms with E-state index in [-0.39, 0.29) is 5.91 Å².